The van der Waals surface area contributed by atoms with E-state index >= 15 is 0 Å². The van der Waals surface area contributed by atoms with Gasteiger partial charge < -0.3 is 15.2 Å². The van der Waals surface area contributed by atoms with Crippen molar-refractivity contribution in [1.82, 2.24) is 4.90 Å². The van der Waals surface area contributed by atoms with Crippen LogP contribution in [0.3, 0.4) is 0 Å². The van der Waals surface area contributed by atoms with Crippen LogP contribution in [0.2, 0.25) is 0 Å². The molecule has 1 saturated heterocycles. The number of hydrogen-bond donors (Lipinski definition) is 1. The number of nitrogens with zero attached hydrogens (tertiary/aromatic N) is 1. The predicted molar refractivity (Wildman–Crippen MR) is 85.9 cm³/mol. The average Bonchev–Trinajstić information content (AvgIpc) is 2.75. The van der Waals surface area contributed by atoms with Crippen LogP contribution in [0.4, 0.5) is 0 Å². The highest BCUT2D eigenvalue weighted by atomic mass is 16.5. The van der Waals surface area contributed by atoms with E-state index in [9.17, 15) is 0 Å². The summed E-state index contributed by atoms with van der Waals surface area (Å²) in [6, 6.07) is 6.54. The van der Waals surface area contributed by atoms with Crippen molar-refractivity contribution < 1.29 is 9.47 Å². The number of methoxy groups -OCH3 is 2. The Morgan fingerprint density at radius 1 is 1.14 bits per heavy atom. The van der Waals surface area contributed by atoms with Gasteiger partial charge in [-0.2, -0.15) is 0 Å². The van der Waals surface area contributed by atoms with Crippen molar-refractivity contribution in [3.05, 3.63) is 23.8 Å². The van der Waals surface area contributed by atoms with Crippen molar-refractivity contribution in [2.45, 2.75) is 32.2 Å². The normalized spacial score (nSPS) is 23.6. The molecule has 0 radical (unpaired) electrons. The van der Waals surface area contributed by atoms with Crippen LogP contribution < -0.4 is 15.2 Å². The fourth-order valence-electron chi connectivity index (χ4n) is 3.40. The molecule has 2 N–H and O–H groups in total. The molecule has 1 aromatic rings. The lowest BCUT2D eigenvalue weighted by molar-refractivity contribution is 0.166. The smallest absolute Gasteiger partial charge is 0.122 e. The van der Waals surface area contributed by atoms with E-state index in [1.54, 1.807) is 14.2 Å². The zero-order valence-corrected chi connectivity index (χ0v) is 13.5. The molecule has 0 bridgehead atoms. The van der Waals surface area contributed by atoms with E-state index in [1.807, 2.05) is 6.07 Å². The lowest BCUT2D eigenvalue weighted by atomic mass is 9.89. The van der Waals surface area contributed by atoms with Gasteiger partial charge in [0.15, 0.2) is 0 Å². The topological polar surface area (TPSA) is 47.7 Å². The van der Waals surface area contributed by atoms with Crippen molar-refractivity contribution in [3.63, 3.8) is 0 Å². The molecule has 0 aromatic heterocycles. The summed E-state index contributed by atoms with van der Waals surface area (Å²) in [6.45, 7) is 5.13. The molecule has 2 atom stereocenters. The van der Waals surface area contributed by atoms with E-state index in [-0.39, 0.29) is 0 Å². The summed E-state index contributed by atoms with van der Waals surface area (Å²) in [5.41, 5.74) is 7.32. The highest BCUT2D eigenvalue weighted by Gasteiger charge is 2.30. The van der Waals surface area contributed by atoms with Crippen LogP contribution in [0.5, 0.6) is 11.5 Å². The van der Waals surface area contributed by atoms with Crippen LogP contribution in [0, 0.1) is 5.92 Å². The molecule has 4 nitrogen and oxygen atoms in total. The molecule has 2 unspecified atom stereocenters. The number of rotatable bonds is 5. The van der Waals surface area contributed by atoms with Crippen LogP contribution in [0.25, 0.3) is 0 Å². The van der Waals surface area contributed by atoms with E-state index in [1.165, 1.54) is 24.8 Å². The number of likely N-dealkylation sites (tertiary alicyclic amines) is 1. The number of ether oxygens (including phenoxy) is 2. The minimum absolute atomic E-state index is 0.353. The largest absolute Gasteiger partial charge is 0.497 e. The van der Waals surface area contributed by atoms with Gasteiger partial charge in [-0.1, -0.05) is 13.3 Å². The number of hydrogen-bond acceptors (Lipinski definition) is 4. The van der Waals surface area contributed by atoms with Gasteiger partial charge in [-0.05, 0) is 56.1 Å². The SMILES string of the molecule is CCN1CCCCC(CN)C1c1cc(OC)cc(OC)c1. The number of benzene rings is 1. The fraction of sp³-hybridized carbons (Fsp3) is 0.647. The Kier molecular flexibility index (Phi) is 5.88. The van der Waals surface area contributed by atoms with E-state index in [2.05, 4.69) is 24.0 Å². The molecule has 1 aliphatic rings. The van der Waals surface area contributed by atoms with Gasteiger partial charge in [-0.25, -0.2) is 0 Å². The van der Waals surface area contributed by atoms with Gasteiger partial charge in [-0.15, -0.1) is 0 Å². The summed E-state index contributed by atoms with van der Waals surface area (Å²) in [6.07, 6.45) is 3.70. The molecule has 0 aliphatic carbocycles. The summed E-state index contributed by atoms with van der Waals surface area (Å²) in [7, 11) is 3.40. The minimum atomic E-state index is 0.353. The second-order valence-corrected chi connectivity index (χ2v) is 5.71. The molecular formula is C17H28N2O2. The van der Waals surface area contributed by atoms with Crippen molar-refractivity contribution in [2.24, 2.45) is 11.7 Å². The quantitative estimate of drug-likeness (QED) is 0.906. The first-order chi connectivity index (χ1) is 10.2. The fourth-order valence-corrected chi connectivity index (χ4v) is 3.40. The van der Waals surface area contributed by atoms with Gasteiger partial charge in [0.05, 0.1) is 14.2 Å². The van der Waals surface area contributed by atoms with Gasteiger partial charge in [0.1, 0.15) is 11.5 Å². The highest BCUT2D eigenvalue weighted by Crippen LogP contribution is 2.37. The molecule has 118 valence electrons. The van der Waals surface area contributed by atoms with E-state index in [0.29, 0.717) is 12.0 Å². The van der Waals surface area contributed by atoms with Crippen LogP contribution in [-0.2, 0) is 0 Å². The third-order valence-electron chi connectivity index (χ3n) is 4.53. The van der Waals surface area contributed by atoms with Crippen molar-refractivity contribution in [2.75, 3.05) is 33.9 Å². The Hall–Kier alpha value is -1.26. The predicted octanol–water partition coefficient (Wildman–Crippen LogP) is 2.83. The molecule has 2 rings (SSSR count). The van der Waals surface area contributed by atoms with Gasteiger partial charge in [0, 0.05) is 12.1 Å². The second kappa shape index (κ2) is 7.66. The van der Waals surface area contributed by atoms with Crippen molar-refractivity contribution in [3.8, 4) is 11.5 Å². The Morgan fingerprint density at radius 3 is 2.33 bits per heavy atom. The first-order valence-electron chi connectivity index (χ1n) is 7.90. The summed E-state index contributed by atoms with van der Waals surface area (Å²) in [5, 5.41) is 0. The van der Waals surface area contributed by atoms with Crippen LogP contribution in [-0.4, -0.2) is 38.8 Å². The maximum atomic E-state index is 6.07. The summed E-state index contributed by atoms with van der Waals surface area (Å²) >= 11 is 0. The number of nitrogens with two attached hydrogens (primary N) is 1. The summed E-state index contributed by atoms with van der Waals surface area (Å²) < 4.78 is 10.9. The zero-order valence-electron chi connectivity index (χ0n) is 13.5. The average molecular weight is 292 g/mol. The molecule has 1 heterocycles. The van der Waals surface area contributed by atoms with Crippen LogP contribution >= 0.6 is 0 Å². The Morgan fingerprint density at radius 2 is 1.81 bits per heavy atom. The van der Waals surface area contributed by atoms with E-state index in [0.717, 1.165) is 31.1 Å². The molecule has 0 saturated carbocycles. The van der Waals surface area contributed by atoms with Crippen LogP contribution in [0.1, 0.15) is 37.8 Å². The van der Waals surface area contributed by atoms with E-state index < -0.39 is 0 Å². The molecule has 1 aromatic carbocycles. The van der Waals surface area contributed by atoms with Crippen LogP contribution in [0.15, 0.2) is 18.2 Å². The monoisotopic (exact) mass is 292 g/mol. The molecule has 21 heavy (non-hydrogen) atoms. The van der Waals surface area contributed by atoms with Gasteiger partial charge >= 0.3 is 0 Å². The Bertz CT molecular complexity index is 414. The lowest BCUT2D eigenvalue weighted by Crippen LogP contribution is -2.35. The molecule has 0 spiro atoms. The molecular weight excluding hydrogens is 264 g/mol. The minimum Gasteiger partial charge on any atom is -0.497 e. The Labute approximate surface area is 128 Å². The Balaban J connectivity index is 2.42. The first-order valence-corrected chi connectivity index (χ1v) is 7.90. The zero-order chi connectivity index (χ0) is 15.2. The van der Waals surface area contributed by atoms with Gasteiger partial charge in [-0.3, -0.25) is 4.90 Å². The summed E-state index contributed by atoms with van der Waals surface area (Å²) in [4.78, 5) is 2.54. The lowest BCUT2D eigenvalue weighted by Gasteiger charge is -2.34. The molecule has 1 aliphatic heterocycles. The van der Waals surface area contributed by atoms with E-state index in [4.69, 9.17) is 15.2 Å². The first kappa shape index (κ1) is 16.1. The van der Waals surface area contributed by atoms with Gasteiger partial charge in [0.25, 0.3) is 0 Å². The van der Waals surface area contributed by atoms with Crippen molar-refractivity contribution >= 4 is 0 Å². The second-order valence-electron chi connectivity index (χ2n) is 5.71. The molecule has 0 amide bonds. The summed E-state index contributed by atoms with van der Waals surface area (Å²) in [5.74, 6) is 2.19. The third-order valence-corrected chi connectivity index (χ3v) is 4.53. The molecule has 4 heteroatoms. The van der Waals surface area contributed by atoms with Gasteiger partial charge in [0.2, 0.25) is 0 Å². The maximum Gasteiger partial charge on any atom is 0.122 e. The maximum absolute atomic E-state index is 6.07. The third kappa shape index (κ3) is 3.69. The highest BCUT2D eigenvalue weighted by molar-refractivity contribution is 5.40. The van der Waals surface area contributed by atoms with Crippen molar-refractivity contribution in [1.29, 1.82) is 0 Å². The molecule has 1 fully saturated rings. The standard InChI is InChI=1S/C17H28N2O2/c1-4-19-8-6-5-7-13(12-18)17(19)14-9-15(20-2)11-16(10-14)21-3/h9-11,13,17H,4-8,12,18H2,1-3H3.